The van der Waals surface area contributed by atoms with Crippen LogP contribution in [0, 0.1) is 11.8 Å². The number of aromatic amines is 1. The van der Waals surface area contributed by atoms with E-state index in [2.05, 4.69) is 36.4 Å². The molecule has 5 nitrogen and oxygen atoms in total. The number of nitrogens with one attached hydrogen (secondary N) is 2. The molecule has 0 radical (unpaired) electrons. The second-order valence-electron chi connectivity index (χ2n) is 6.61. The van der Waals surface area contributed by atoms with E-state index >= 15 is 0 Å². The second-order valence-corrected chi connectivity index (χ2v) is 8.47. The molecule has 7 heteroatoms. The highest BCUT2D eigenvalue weighted by molar-refractivity contribution is 9.10. The van der Waals surface area contributed by atoms with E-state index in [1.165, 1.54) is 31.0 Å². The van der Waals surface area contributed by atoms with Crippen LogP contribution in [0.15, 0.2) is 33.9 Å². The summed E-state index contributed by atoms with van der Waals surface area (Å²) in [5, 5.41) is 10.9. The summed E-state index contributed by atoms with van der Waals surface area (Å²) >= 11 is 4.79. The predicted molar refractivity (Wildman–Crippen MR) is 97.6 cm³/mol. The van der Waals surface area contributed by atoms with Crippen LogP contribution < -0.4 is 5.32 Å². The van der Waals surface area contributed by atoms with E-state index in [1.807, 2.05) is 24.3 Å². The zero-order valence-electron chi connectivity index (χ0n) is 13.2. The van der Waals surface area contributed by atoms with Crippen molar-refractivity contribution in [3.05, 3.63) is 28.7 Å². The highest BCUT2D eigenvalue weighted by Crippen LogP contribution is 2.44. The lowest BCUT2D eigenvalue weighted by Crippen LogP contribution is -2.39. The molecule has 24 heavy (non-hydrogen) atoms. The van der Waals surface area contributed by atoms with Crippen molar-refractivity contribution in [1.29, 1.82) is 0 Å². The maximum absolute atomic E-state index is 12.2. The van der Waals surface area contributed by atoms with Crippen molar-refractivity contribution in [2.45, 2.75) is 36.9 Å². The van der Waals surface area contributed by atoms with Crippen molar-refractivity contribution >= 4 is 33.6 Å². The molecule has 2 bridgehead atoms. The van der Waals surface area contributed by atoms with Gasteiger partial charge in [0.15, 0.2) is 5.82 Å². The largest absolute Gasteiger partial charge is 0.352 e. The van der Waals surface area contributed by atoms with E-state index in [4.69, 9.17) is 0 Å². The smallest absolute Gasteiger partial charge is 0.230 e. The third-order valence-electron chi connectivity index (χ3n) is 5.00. The number of carbonyl (C=O) groups is 1. The van der Waals surface area contributed by atoms with Gasteiger partial charge in [-0.25, -0.2) is 4.98 Å². The van der Waals surface area contributed by atoms with Gasteiger partial charge in [0, 0.05) is 16.1 Å². The van der Waals surface area contributed by atoms with Crippen molar-refractivity contribution in [3.63, 3.8) is 0 Å². The Bertz CT molecular complexity index is 732. The lowest BCUT2D eigenvalue weighted by atomic mass is 9.95. The first-order valence-electron chi connectivity index (χ1n) is 8.28. The molecule has 2 aliphatic carbocycles. The van der Waals surface area contributed by atoms with Gasteiger partial charge in [0.05, 0.1) is 5.75 Å². The molecule has 2 fully saturated rings. The molecule has 3 atom stereocenters. The Labute approximate surface area is 153 Å². The molecule has 0 unspecified atom stereocenters. The molecule has 1 amide bonds. The summed E-state index contributed by atoms with van der Waals surface area (Å²) < 4.78 is 1.03. The summed E-state index contributed by atoms with van der Waals surface area (Å²) in [6.45, 7) is 0. The molecule has 1 heterocycles. The Morgan fingerprint density at radius 3 is 2.83 bits per heavy atom. The Morgan fingerprint density at radius 2 is 2.12 bits per heavy atom. The topological polar surface area (TPSA) is 70.7 Å². The van der Waals surface area contributed by atoms with Crippen molar-refractivity contribution in [3.8, 4) is 11.4 Å². The number of aromatic nitrogens is 3. The number of amides is 1. The normalized spacial score (nSPS) is 25.1. The number of hydrogen-bond donors (Lipinski definition) is 2. The molecule has 2 saturated carbocycles. The van der Waals surface area contributed by atoms with Crippen LogP contribution in [0.3, 0.4) is 0 Å². The monoisotopic (exact) mass is 406 g/mol. The predicted octanol–water partition coefficient (Wildman–Crippen LogP) is 3.63. The lowest BCUT2D eigenvalue weighted by Gasteiger charge is -2.22. The standard InChI is InChI=1S/C17H19BrN4OS/c18-13-5-3-11(4-6-13)16-20-17(22-21-16)24-9-15(23)19-14-8-10-1-2-12(14)7-10/h3-6,10,12,14H,1-2,7-9H2,(H,19,23)(H,20,21,22)/t10-,12-,14+/m0/s1. The number of benzene rings is 1. The number of rotatable bonds is 5. The van der Waals surface area contributed by atoms with Gasteiger partial charge in [-0.3, -0.25) is 9.89 Å². The van der Waals surface area contributed by atoms with Crippen molar-refractivity contribution < 1.29 is 4.79 Å². The number of fused-ring (bicyclic) bond motifs is 2. The first kappa shape index (κ1) is 16.1. The first-order valence-corrected chi connectivity index (χ1v) is 10.1. The van der Waals surface area contributed by atoms with Crippen LogP contribution in [0.4, 0.5) is 0 Å². The number of nitrogens with zero attached hydrogens (tertiary/aromatic N) is 2. The van der Waals surface area contributed by atoms with Gasteiger partial charge in [-0.15, -0.1) is 5.10 Å². The van der Waals surface area contributed by atoms with E-state index in [0.29, 0.717) is 22.9 Å². The summed E-state index contributed by atoms with van der Waals surface area (Å²) in [4.78, 5) is 16.6. The number of carbonyl (C=O) groups excluding carboxylic acids is 1. The van der Waals surface area contributed by atoms with E-state index in [1.54, 1.807) is 0 Å². The fraction of sp³-hybridized carbons (Fsp3) is 0.471. The second kappa shape index (κ2) is 6.88. The minimum absolute atomic E-state index is 0.0903. The Balaban J connectivity index is 1.30. The molecule has 4 rings (SSSR count). The molecule has 1 aromatic carbocycles. The van der Waals surface area contributed by atoms with Crippen molar-refractivity contribution in [2.75, 3.05) is 5.75 Å². The first-order chi connectivity index (χ1) is 11.7. The maximum atomic E-state index is 12.2. The average molecular weight is 407 g/mol. The summed E-state index contributed by atoms with van der Waals surface area (Å²) in [6.07, 6.45) is 5.09. The molecule has 2 aliphatic rings. The fourth-order valence-corrected chi connectivity index (χ4v) is 4.72. The molecular formula is C17H19BrN4OS. The van der Waals surface area contributed by atoms with Crippen LogP contribution in [-0.2, 0) is 4.79 Å². The summed E-state index contributed by atoms with van der Waals surface area (Å²) in [5.74, 6) is 2.72. The number of H-pyrrole nitrogens is 1. The van der Waals surface area contributed by atoms with Crippen molar-refractivity contribution in [2.24, 2.45) is 11.8 Å². The minimum Gasteiger partial charge on any atom is -0.352 e. The van der Waals surface area contributed by atoms with Crippen molar-refractivity contribution in [1.82, 2.24) is 20.5 Å². The number of hydrogen-bond acceptors (Lipinski definition) is 4. The van der Waals surface area contributed by atoms with E-state index < -0.39 is 0 Å². The molecule has 126 valence electrons. The van der Waals surface area contributed by atoms with Crippen LogP contribution in [0.5, 0.6) is 0 Å². The lowest BCUT2D eigenvalue weighted by molar-refractivity contribution is -0.119. The summed E-state index contributed by atoms with van der Waals surface area (Å²) in [7, 11) is 0. The van der Waals surface area contributed by atoms with E-state index in [-0.39, 0.29) is 5.91 Å². The van der Waals surface area contributed by atoms with Gasteiger partial charge in [0.1, 0.15) is 0 Å². The molecule has 0 saturated heterocycles. The van der Waals surface area contributed by atoms with Crippen LogP contribution in [0.25, 0.3) is 11.4 Å². The van der Waals surface area contributed by atoms with Gasteiger partial charge in [-0.05, 0) is 43.2 Å². The minimum atomic E-state index is 0.0903. The molecule has 2 N–H and O–H groups in total. The third kappa shape index (κ3) is 3.52. The van der Waals surface area contributed by atoms with Gasteiger partial charge >= 0.3 is 0 Å². The molecule has 2 aromatic rings. The highest BCUT2D eigenvalue weighted by Gasteiger charge is 2.39. The van der Waals surface area contributed by atoms with E-state index in [0.717, 1.165) is 28.2 Å². The van der Waals surface area contributed by atoms with Gasteiger partial charge in [-0.1, -0.05) is 46.2 Å². The Kier molecular flexibility index (Phi) is 4.63. The average Bonchev–Trinajstić information content (AvgIpc) is 3.30. The number of halogens is 1. The summed E-state index contributed by atoms with van der Waals surface area (Å²) in [6, 6.07) is 8.27. The number of thioether (sulfide) groups is 1. The molecule has 0 spiro atoms. The quantitative estimate of drug-likeness (QED) is 0.743. The van der Waals surface area contributed by atoms with Crippen LogP contribution in [0.2, 0.25) is 0 Å². The van der Waals surface area contributed by atoms with E-state index in [9.17, 15) is 4.79 Å². The Hall–Kier alpha value is -1.34. The van der Waals surface area contributed by atoms with Gasteiger partial charge in [-0.2, -0.15) is 0 Å². The fourth-order valence-electron chi connectivity index (χ4n) is 3.85. The Morgan fingerprint density at radius 1 is 1.29 bits per heavy atom. The highest BCUT2D eigenvalue weighted by atomic mass is 79.9. The molecular weight excluding hydrogens is 388 g/mol. The maximum Gasteiger partial charge on any atom is 0.230 e. The molecule has 0 aliphatic heterocycles. The van der Waals surface area contributed by atoms with Crippen LogP contribution in [0.1, 0.15) is 25.7 Å². The SMILES string of the molecule is O=C(CSc1n[nH]c(-c2ccc(Br)cc2)n1)N[C@@H]1C[C@H]2CC[C@H]1C2. The van der Waals surface area contributed by atoms with Gasteiger partial charge in [0.2, 0.25) is 11.1 Å². The zero-order chi connectivity index (χ0) is 16.5. The molecule has 1 aromatic heterocycles. The van der Waals surface area contributed by atoms with Crippen LogP contribution in [-0.4, -0.2) is 32.9 Å². The summed E-state index contributed by atoms with van der Waals surface area (Å²) in [5.41, 5.74) is 0.976. The zero-order valence-corrected chi connectivity index (χ0v) is 15.6. The third-order valence-corrected chi connectivity index (χ3v) is 6.38. The van der Waals surface area contributed by atoms with Gasteiger partial charge in [0.25, 0.3) is 0 Å². The van der Waals surface area contributed by atoms with Crippen LogP contribution >= 0.6 is 27.7 Å². The van der Waals surface area contributed by atoms with Gasteiger partial charge < -0.3 is 5.32 Å².